The fraction of sp³-hybridized carbons (Fsp3) is 0.167. The fourth-order valence-electron chi connectivity index (χ4n) is 2.75. The maximum absolute atomic E-state index is 14.2. The van der Waals surface area contributed by atoms with Gasteiger partial charge in [-0.1, -0.05) is 31.0 Å². The number of hydrogen-bond donors (Lipinski definition) is 0. The van der Waals surface area contributed by atoms with Gasteiger partial charge in [0.05, 0.1) is 16.1 Å². The van der Waals surface area contributed by atoms with Gasteiger partial charge in [0, 0.05) is 11.8 Å². The first-order valence-corrected chi connectivity index (χ1v) is 7.80. The molecule has 0 N–H and O–H groups in total. The molecule has 0 aliphatic rings. The summed E-state index contributed by atoms with van der Waals surface area (Å²) in [5, 5.41) is 0.0780. The molecule has 1 heterocycles. The zero-order valence-electron chi connectivity index (χ0n) is 12.7. The molecular formula is C18H13ClF3NO. The summed E-state index contributed by atoms with van der Waals surface area (Å²) in [6, 6.07) is 7.13. The van der Waals surface area contributed by atoms with Crippen molar-refractivity contribution < 1.29 is 13.2 Å². The first kappa shape index (κ1) is 16.6. The fourth-order valence-corrected chi connectivity index (χ4v) is 3.00. The smallest absolute Gasteiger partial charge is 0.264 e. The highest BCUT2D eigenvalue weighted by Crippen LogP contribution is 2.26. The number of hydrogen-bond acceptors (Lipinski definition) is 1. The topological polar surface area (TPSA) is 22.0 Å². The van der Waals surface area contributed by atoms with E-state index >= 15 is 0 Å². The van der Waals surface area contributed by atoms with E-state index in [9.17, 15) is 18.0 Å². The maximum Gasteiger partial charge on any atom is 0.264 e. The highest BCUT2D eigenvalue weighted by Gasteiger charge is 2.18. The lowest BCUT2D eigenvalue weighted by Gasteiger charge is -2.15. The Bertz CT molecular complexity index is 998. The molecule has 0 atom stereocenters. The van der Waals surface area contributed by atoms with E-state index in [-0.39, 0.29) is 16.1 Å². The largest absolute Gasteiger partial charge is 0.278 e. The molecule has 2 aromatic carbocycles. The van der Waals surface area contributed by atoms with Crippen LogP contribution in [-0.2, 0) is 6.42 Å². The third-order valence-electron chi connectivity index (χ3n) is 3.81. The van der Waals surface area contributed by atoms with Crippen LogP contribution in [-0.4, -0.2) is 4.57 Å². The Morgan fingerprint density at radius 3 is 2.46 bits per heavy atom. The normalized spacial score (nSPS) is 11.2. The van der Waals surface area contributed by atoms with Crippen molar-refractivity contribution in [3.63, 3.8) is 0 Å². The van der Waals surface area contributed by atoms with Crippen molar-refractivity contribution in [1.82, 2.24) is 4.57 Å². The molecule has 0 unspecified atom stereocenters. The van der Waals surface area contributed by atoms with Crippen LogP contribution >= 0.6 is 11.6 Å². The third-order valence-corrected chi connectivity index (χ3v) is 4.18. The molecule has 0 fully saturated rings. The van der Waals surface area contributed by atoms with Gasteiger partial charge in [-0.25, -0.2) is 13.2 Å². The van der Waals surface area contributed by atoms with Gasteiger partial charge in [0.2, 0.25) is 0 Å². The maximum atomic E-state index is 14.2. The Morgan fingerprint density at radius 1 is 1.04 bits per heavy atom. The first-order valence-electron chi connectivity index (χ1n) is 7.42. The van der Waals surface area contributed by atoms with Crippen LogP contribution in [0.25, 0.3) is 16.5 Å². The molecular weight excluding hydrogens is 339 g/mol. The molecule has 3 aromatic rings. The molecule has 0 spiro atoms. The van der Waals surface area contributed by atoms with E-state index in [2.05, 4.69) is 0 Å². The van der Waals surface area contributed by atoms with Crippen LogP contribution in [0.15, 0.2) is 41.2 Å². The summed E-state index contributed by atoms with van der Waals surface area (Å²) in [7, 11) is 0. The molecule has 3 rings (SSSR count). The van der Waals surface area contributed by atoms with Gasteiger partial charge >= 0.3 is 0 Å². The minimum atomic E-state index is -0.747. The van der Waals surface area contributed by atoms with Gasteiger partial charge < -0.3 is 0 Å². The Balaban J connectivity index is 2.47. The molecule has 6 heteroatoms. The van der Waals surface area contributed by atoms with Gasteiger partial charge in [-0.15, -0.1) is 0 Å². The van der Waals surface area contributed by atoms with E-state index in [4.69, 9.17) is 11.6 Å². The number of pyridine rings is 1. The van der Waals surface area contributed by atoms with Gasteiger partial charge in [0.25, 0.3) is 5.56 Å². The van der Waals surface area contributed by atoms with E-state index in [0.717, 1.165) is 22.8 Å². The van der Waals surface area contributed by atoms with E-state index < -0.39 is 23.0 Å². The van der Waals surface area contributed by atoms with Crippen LogP contribution < -0.4 is 5.56 Å². The minimum Gasteiger partial charge on any atom is -0.278 e. The number of nitrogens with zero attached hydrogens (tertiary/aromatic N) is 1. The van der Waals surface area contributed by atoms with Crippen molar-refractivity contribution in [3.05, 3.63) is 74.9 Å². The molecule has 2 nitrogen and oxygen atoms in total. The highest BCUT2D eigenvalue weighted by atomic mass is 35.5. The number of aryl methyl sites for hydroxylation is 1. The van der Waals surface area contributed by atoms with E-state index in [1.807, 2.05) is 6.92 Å². The Kier molecular flexibility index (Phi) is 4.37. The molecule has 0 amide bonds. The van der Waals surface area contributed by atoms with Crippen molar-refractivity contribution in [3.8, 4) is 5.69 Å². The van der Waals surface area contributed by atoms with Crippen molar-refractivity contribution in [2.45, 2.75) is 19.8 Å². The van der Waals surface area contributed by atoms with Crippen molar-refractivity contribution in [1.29, 1.82) is 0 Å². The van der Waals surface area contributed by atoms with Crippen LogP contribution in [0.5, 0.6) is 0 Å². The standard InChI is InChI=1S/C18H13ClF3NO/c1-2-3-12-8-10-4-6-14(22)17(19)16(10)18(24)23(12)15-9-11(20)5-7-13(15)21/h4-9H,2-3H2,1H3. The average molecular weight is 352 g/mol. The van der Waals surface area contributed by atoms with Crippen molar-refractivity contribution in [2.24, 2.45) is 0 Å². The number of fused-ring (bicyclic) bond motifs is 1. The van der Waals surface area contributed by atoms with Gasteiger partial charge in [-0.05, 0) is 36.1 Å². The number of rotatable bonds is 3. The van der Waals surface area contributed by atoms with Crippen molar-refractivity contribution >= 4 is 22.4 Å². The summed E-state index contributed by atoms with van der Waals surface area (Å²) in [5.41, 5.74) is -0.391. The highest BCUT2D eigenvalue weighted by molar-refractivity contribution is 6.35. The van der Waals surface area contributed by atoms with Gasteiger partial charge in [0.15, 0.2) is 0 Å². The number of benzene rings is 2. The summed E-state index contributed by atoms with van der Waals surface area (Å²) < 4.78 is 42.6. The number of aromatic nitrogens is 1. The van der Waals surface area contributed by atoms with Gasteiger partial charge in [-0.3, -0.25) is 9.36 Å². The Hall–Kier alpha value is -2.27. The summed E-state index contributed by atoms with van der Waals surface area (Å²) in [5.74, 6) is -2.16. The molecule has 24 heavy (non-hydrogen) atoms. The predicted molar refractivity (Wildman–Crippen MR) is 88.4 cm³/mol. The zero-order chi connectivity index (χ0) is 17.4. The van der Waals surface area contributed by atoms with Gasteiger partial charge in [0.1, 0.15) is 17.5 Å². The Morgan fingerprint density at radius 2 is 1.75 bits per heavy atom. The van der Waals surface area contributed by atoms with E-state index in [1.54, 1.807) is 6.07 Å². The first-order chi connectivity index (χ1) is 11.4. The van der Waals surface area contributed by atoms with Crippen LogP contribution in [0, 0.1) is 17.5 Å². The molecule has 124 valence electrons. The minimum absolute atomic E-state index is 0.0554. The Labute approximate surface area is 141 Å². The molecule has 0 radical (unpaired) electrons. The average Bonchev–Trinajstić information content (AvgIpc) is 2.54. The van der Waals surface area contributed by atoms with Gasteiger partial charge in [-0.2, -0.15) is 0 Å². The summed E-state index contributed by atoms with van der Waals surface area (Å²) >= 11 is 5.94. The van der Waals surface area contributed by atoms with Crippen LogP contribution in [0.1, 0.15) is 19.0 Å². The second kappa shape index (κ2) is 6.32. The summed E-state index contributed by atoms with van der Waals surface area (Å²) in [6.07, 6.45) is 1.16. The molecule has 0 aliphatic carbocycles. The lowest BCUT2D eigenvalue weighted by atomic mass is 10.1. The van der Waals surface area contributed by atoms with Crippen LogP contribution in [0.2, 0.25) is 5.02 Å². The lowest BCUT2D eigenvalue weighted by Crippen LogP contribution is -2.23. The van der Waals surface area contributed by atoms with Crippen LogP contribution in [0.3, 0.4) is 0 Å². The molecule has 0 aliphatic heterocycles. The van der Waals surface area contributed by atoms with E-state index in [0.29, 0.717) is 23.9 Å². The quantitative estimate of drug-likeness (QED) is 0.650. The SMILES string of the molecule is CCCc1cc2ccc(F)c(Cl)c2c(=O)n1-c1cc(F)ccc1F. The second-order valence-electron chi connectivity index (χ2n) is 5.45. The third kappa shape index (κ3) is 2.69. The monoisotopic (exact) mass is 351 g/mol. The number of halogens is 4. The summed E-state index contributed by atoms with van der Waals surface area (Å²) in [4.78, 5) is 12.9. The predicted octanol–water partition coefficient (Wildman–Crippen LogP) is 5.01. The molecule has 0 saturated heterocycles. The summed E-state index contributed by atoms with van der Waals surface area (Å²) in [6.45, 7) is 1.90. The second-order valence-corrected chi connectivity index (χ2v) is 5.83. The zero-order valence-corrected chi connectivity index (χ0v) is 13.5. The van der Waals surface area contributed by atoms with E-state index in [1.165, 1.54) is 12.1 Å². The molecule has 0 bridgehead atoms. The lowest BCUT2D eigenvalue weighted by molar-refractivity contribution is 0.588. The molecule has 1 aromatic heterocycles. The molecule has 0 saturated carbocycles. The van der Waals surface area contributed by atoms with Crippen molar-refractivity contribution in [2.75, 3.05) is 0 Å². The van der Waals surface area contributed by atoms with Crippen LogP contribution in [0.4, 0.5) is 13.2 Å².